The number of hydrogen-bond donors (Lipinski definition) is 2. The Kier molecular flexibility index (Phi) is 3.85. The Morgan fingerprint density at radius 2 is 2.00 bits per heavy atom. The standard InChI is InChI=1S/C7H13NO5S/c9-7(10)5-14(11,12)8-6-1-3-13-4-2-6/h6,8H,1-5H2,(H,9,10). The van der Waals surface area contributed by atoms with E-state index < -0.39 is 21.7 Å². The van der Waals surface area contributed by atoms with Crippen LogP contribution < -0.4 is 4.72 Å². The lowest BCUT2D eigenvalue weighted by atomic mass is 10.1. The van der Waals surface area contributed by atoms with Crippen LogP contribution in [0.15, 0.2) is 0 Å². The molecule has 1 saturated heterocycles. The Balaban J connectivity index is 2.45. The molecule has 1 aliphatic heterocycles. The maximum atomic E-state index is 11.2. The summed E-state index contributed by atoms with van der Waals surface area (Å²) in [6.07, 6.45) is 1.19. The number of carboxylic acids is 1. The topological polar surface area (TPSA) is 92.7 Å². The second kappa shape index (κ2) is 4.72. The zero-order chi connectivity index (χ0) is 10.6. The molecule has 2 N–H and O–H groups in total. The van der Waals surface area contributed by atoms with Crippen molar-refractivity contribution < 1.29 is 23.1 Å². The Labute approximate surface area is 82.3 Å². The zero-order valence-corrected chi connectivity index (χ0v) is 8.42. The number of rotatable bonds is 4. The minimum atomic E-state index is -3.69. The predicted molar refractivity (Wildman–Crippen MR) is 48.4 cm³/mol. The molecule has 0 unspecified atom stereocenters. The fraction of sp³-hybridized carbons (Fsp3) is 0.857. The molecule has 7 heteroatoms. The van der Waals surface area contributed by atoms with E-state index in [9.17, 15) is 13.2 Å². The van der Waals surface area contributed by atoms with Crippen molar-refractivity contribution in [3.8, 4) is 0 Å². The van der Waals surface area contributed by atoms with Crippen molar-refractivity contribution in [2.45, 2.75) is 18.9 Å². The molecule has 1 rings (SSSR count). The van der Waals surface area contributed by atoms with Gasteiger partial charge >= 0.3 is 5.97 Å². The Morgan fingerprint density at radius 3 is 2.50 bits per heavy atom. The molecule has 1 heterocycles. The van der Waals surface area contributed by atoms with E-state index >= 15 is 0 Å². The van der Waals surface area contributed by atoms with Crippen LogP contribution in [-0.2, 0) is 19.6 Å². The first-order valence-electron chi connectivity index (χ1n) is 4.29. The van der Waals surface area contributed by atoms with Gasteiger partial charge in [-0.2, -0.15) is 0 Å². The van der Waals surface area contributed by atoms with Gasteiger partial charge < -0.3 is 9.84 Å². The summed E-state index contributed by atoms with van der Waals surface area (Å²) in [4.78, 5) is 10.2. The number of carboxylic acid groups (broad SMARTS) is 1. The Morgan fingerprint density at radius 1 is 1.43 bits per heavy atom. The molecule has 0 aromatic heterocycles. The van der Waals surface area contributed by atoms with Gasteiger partial charge in [0.15, 0.2) is 5.75 Å². The minimum Gasteiger partial charge on any atom is -0.480 e. The summed E-state index contributed by atoms with van der Waals surface area (Å²) < 4.78 is 29.7. The molecule has 0 atom stereocenters. The van der Waals surface area contributed by atoms with Gasteiger partial charge in [-0.15, -0.1) is 0 Å². The van der Waals surface area contributed by atoms with Crippen molar-refractivity contribution in [1.82, 2.24) is 4.72 Å². The van der Waals surface area contributed by atoms with Crippen molar-refractivity contribution in [3.63, 3.8) is 0 Å². The van der Waals surface area contributed by atoms with Crippen LogP contribution in [0.3, 0.4) is 0 Å². The molecule has 0 amide bonds. The minimum absolute atomic E-state index is 0.187. The lowest BCUT2D eigenvalue weighted by Gasteiger charge is -2.22. The predicted octanol–water partition coefficient (Wildman–Crippen LogP) is -0.831. The summed E-state index contributed by atoms with van der Waals surface area (Å²) in [5.74, 6) is -2.21. The highest BCUT2D eigenvalue weighted by Crippen LogP contribution is 2.07. The quantitative estimate of drug-likeness (QED) is 0.649. The number of carbonyl (C=O) groups is 1. The summed E-state index contributed by atoms with van der Waals surface area (Å²) in [6.45, 7) is 1.03. The lowest BCUT2D eigenvalue weighted by molar-refractivity contribution is -0.134. The number of sulfonamides is 1. The average Bonchev–Trinajstić information content (AvgIpc) is 2.02. The van der Waals surface area contributed by atoms with E-state index in [4.69, 9.17) is 9.84 Å². The number of ether oxygens (including phenoxy) is 1. The molecule has 0 spiro atoms. The van der Waals surface area contributed by atoms with Gasteiger partial charge in [-0.05, 0) is 12.8 Å². The van der Waals surface area contributed by atoms with Crippen molar-refractivity contribution in [1.29, 1.82) is 0 Å². The first kappa shape index (κ1) is 11.4. The third-order valence-corrected chi connectivity index (χ3v) is 3.20. The molecule has 1 fully saturated rings. The van der Waals surface area contributed by atoms with Crippen LogP contribution in [0.25, 0.3) is 0 Å². The van der Waals surface area contributed by atoms with Crippen molar-refractivity contribution in [2.24, 2.45) is 0 Å². The van der Waals surface area contributed by atoms with Crippen LogP contribution >= 0.6 is 0 Å². The third-order valence-electron chi connectivity index (χ3n) is 1.88. The maximum Gasteiger partial charge on any atom is 0.320 e. The maximum absolute atomic E-state index is 11.2. The highest BCUT2D eigenvalue weighted by molar-refractivity contribution is 7.90. The molecule has 0 aromatic carbocycles. The van der Waals surface area contributed by atoms with Gasteiger partial charge in [0, 0.05) is 19.3 Å². The molecule has 0 radical (unpaired) electrons. The van der Waals surface area contributed by atoms with E-state index in [-0.39, 0.29) is 6.04 Å². The number of nitrogens with one attached hydrogen (secondary N) is 1. The molecule has 1 aliphatic rings. The first-order valence-corrected chi connectivity index (χ1v) is 5.94. The molecular formula is C7H13NO5S. The van der Waals surface area contributed by atoms with Crippen LogP contribution in [0.4, 0.5) is 0 Å². The Hall–Kier alpha value is -0.660. The summed E-state index contributed by atoms with van der Waals surface area (Å²) in [6, 6.07) is -0.187. The van der Waals surface area contributed by atoms with E-state index in [0.29, 0.717) is 26.1 Å². The summed E-state index contributed by atoms with van der Waals surface area (Å²) in [5.41, 5.74) is 0. The molecular weight excluding hydrogens is 210 g/mol. The molecule has 0 saturated carbocycles. The molecule has 14 heavy (non-hydrogen) atoms. The van der Waals surface area contributed by atoms with Gasteiger partial charge in [-0.25, -0.2) is 13.1 Å². The largest absolute Gasteiger partial charge is 0.480 e. The van der Waals surface area contributed by atoms with Gasteiger partial charge in [0.25, 0.3) is 0 Å². The molecule has 0 bridgehead atoms. The van der Waals surface area contributed by atoms with Crippen LogP contribution in [-0.4, -0.2) is 44.5 Å². The Bertz CT molecular complexity index is 293. The summed E-state index contributed by atoms with van der Waals surface area (Å²) >= 11 is 0. The fourth-order valence-corrected chi connectivity index (χ4v) is 2.43. The summed E-state index contributed by atoms with van der Waals surface area (Å²) in [7, 11) is -3.69. The summed E-state index contributed by atoms with van der Waals surface area (Å²) in [5, 5.41) is 8.33. The van der Waals surface area contributed by atoms with E-state index in [1.807, 2.05) is 0 Å². The van der Waals surface area contributed by atoms with Gasteiger partial charge in [0.05, 0.1) is 0 Å². The monoisotopic (exact) mass is 223 g/mol. The smallest absolute Gasteiger partial charge is 0.320 e. The van der Waals surface area contributed by atoms with Crippen LogP contribution in [0.1, 0.15) is 12.8 Å². The van der Waals surface area contributed by atoms with E-state index in [1.165, 1.54) is 0 Å². The normalized spacial score (nSPS) is 19.4. The van der Waals surface area contributed by atoms with Crippen LogP contribution in [0, 0.1) is 0 Å². The SMILES string of the molecule is O=C(O)CS(=O)(=O)NC1CCOCC1. The first-order chi connectivity index (χ1) is 6.49. The zero-order valence-electron chi connectivity index (χ0n) is 7.60. The van der Waals surface area contributed by atoms with Gasteiger partial charge in [0.1, 0.15) is 0 Å². The molecule has 0 aliphatic carbocycles. The number of hydrogen-bond acceptors (Lipinski definition) is 4. The van der Waals surface area contributed by atoms with E-state index in [1.54, 1.807) is 0 Å². The van der Waals surface area contributed by atoms with Crippen LogP contribution in [0.5, 0.6) is 0 Å². The lowest BCUT2D eigenvalue weighted by Crippen LogP contribution is -2.41. The second-order valence-electron chi connectivity index (χ2n) is 3.16. The highest BCUT2D eigenvalue weighted by atomic mass is 32.2. The molecule has 0 aromatic rings. The molecule has 6 nitrogen and oxygen atoms in total. The van der Waals surface area contributed by atoms with E-state index in [0.717, 1.165) is 0 Å². The fourth-order valence-electron chi connectivity index (χ4n) is 1.27. The van der Waals surface area contributed by atoms with Gasteiger partial charge in [0.2, 0.25) is 10.0 Å². The van der Waals surface area contributed by atoms with Crippen LogP contribution in [0.2, 0.25) is 0 Å². The van der Waals surface area contributed by atoms with Gasteiger partial charge in [-0.3, -0.25) is 4.79 Å². The van der Waals surface area contributed by atoms with E-state index in [2.05, 4.69) is 4.72 Å². The molecule has 82 valence electrons. The van der Waals surface area contributed by atoms with Gasteiger partial charge in [-0.1, -0.05) is 0 Å². The second-order valence-corrected chi connectivity index (χ2v) is 4.91. The van der Waals surface area contributed by atoms with Crippen molar-refractivity contribution in [2.75, 3.05) is 19.0 Å². The highest BCUT2D eigenvalue weighted by Gasteiger charge is 2.22. The third kappa shape index (κ3) is 4.03. The average molecular weight is 223 g/mol. The van der Waals surface area contributed by atoms with Crippen molar-refractivity contribution >= 4 is 16.0 Å². The number of aliphatic carboxylic acids is 1. The van der Waals surface area contributed by atoms with Crippen molar-refractivity contribution in [3.05, 3.63) is 0 Å².